The van der Waals surface area contributed by atoms with E-state index in [1.54, 1.807) is 0 Å². The van der Waals surface area contributed by atoms with Crippen LogP contribution in [0.1, 0.15) is 25.0 Å². The molecule has 1 saturated heterocycles. The van der Waals surface area contributed by atoms with Gasteiger partial charge < -0.3 is 0 Å². The number of piperidine rings is 1. The number of likely N-dealkylation sites (tertiary alicyclic amines) is 1. The van der Waals surface area contributed by atoms with E-state index >= 15 is 0 Å². The number of hydrogen-bond donors (Lipinski definition) is 2. The molecule has 1 aliphatic heterocycles. The van der Waals surface area contributed by atoms with Gasteiger partial charge in [0.1, 0.15) is 0 Å². The van der Waals surface area contributed by atoms with Crippen LogP contribution in [0.2, 0.25) is 0 Å². The van der Waals surface area contributed by atoms with Crippen molar-refractivity contribution in [2.45, 2.75) is 25.7 Å². The van der Waals surface area contributed by atoms with E-state index in [0.29, 0.717) is 0 Å². The van der Waals surface area contributed by atoms with Gasteiger partial charge in [0, 0.05) is 12.8 Å². The van der Waals surface area contributed by atoms with Gasteiger partial charge in [-0.2, -0.15) is 15.4 Å². The number of hydrogen-bond acceptors (Lipinski definition) is 3. The van der Waals surface area contributed by atoms with Crippen LogP contribution in [0.15, 0.2) is 6.20 Å². The summed E-state index contributed by atoms with van der Waals surface area (Å²) in [7, 11) is 2.19. The molecule has 0 radical (unpaired) electrons. The molecule has 0 aliphatic carbocycles. The van der Waals surface area contributed by atoms with Crippen LogP contribution in [0.5, 0.6) is 0 Å². The molecule has 84 valence electrons. The molecule has 0 saturated carbocycles. The van der Waals surface area contributed by atoms with Crippen LogP contribution >= 0.6 is 12.8 Å². The van der Waals surface area contributed by atoms with Gasteiger partial charge in [0.25, 0.3) is 0 Å². The number of H-pyrrole nitrogens is 1. The smallest absolute Gasteiger partial charge is 0.0891 e. The fourth-order valence-electron chi connectivity index (χ4n) is 2.16. The number of aryl methyl sites for hydroxylation is 1. The zero-order valence-electron chi connectivity index (χ0n) is 9.19. The van der Waals surface area contributed by atoms with Gasteiger partial charge in [-0.05, 0) is 18.8 Å². The summed E-state index contributed by atoms with van der Waals surface area (Å²) >= 11 is 4.60. The van der Waals surface area contributed by atoms with Crippen molar-refractivity contribution in [1.29, 1.82) is 0 Å². The lowest BCUT2D eigenvalue weighted by molar-refractivity contribution is -0.778. The Balaban J connectivity index is 1.73. The maximum atomic E-state index is 4.60. The summed E-state index contributed by atoms with van der Waals surface area (Å²) in [6.07, 6.45) is 6.69. The topological polar surface area (TPSA) is 41.6 Å². The normalized spacial score (nSPS) is 31.7. The number of nitrogens with zero attached hydrogens (tertiary/aromatic N) is 3. The Morgan fingerprint density at radius 3 is 2.87 bits per heavy atom. The lowest BCUT2D eigenvalue weighted by Gasteiger charge is -2.34. The first-order valence-electron chi connectivity index (χ1n) is 5.58. The molecule has 2 rings (SSSR count). The molecular formula is C10H19N4S+. The van der Waals surface area contributed by atoms with Crippen molar-refractivity contribution < 1.29 is 3.89 Å². The van der Waals surface area contributed by atoms with E-state index in [-0.39, 0.29) is 0 Å². The summed E-state index contributed by atoms with van der Waals surface area (Å²) in [6, 6.07) is 0. The molecule has 2 heterocycles. The number of aromatic nitrogens is 3. The predicted octanol–water partition coefficient (Wildman–Crippen LogP) is 1.44. The highest BCUT2D eigenvalue weighted by Crippen LogP contribution is 2.26. The Morgan fingerprint density at radius 2 is 2.27 bits per heavy atom. The van der Waals surface area contributed by atoms with Gasteiger partial charge in [-0.1, -0.05) is 0 Å². The Hall–Kier alpha value is -0.550. The van der Waals surface area contributed by atoms with Crippen molar-refractivity contribution in [3.05, 3.63) is 11.9 Å². The summed E-state index contributed by atoms with van der Waals surface area (Å²) in [5, 5.41) is 10.5. The molecule has 0 atom stereocenters. The molecular weight excluding hydrogens is 208 g/mol. The van der Waals surface area contributed by atoms with E-state index < -0.39 is 0 Å². The number of nitrogens with one attached hydrogen (secondary N) is 1. The average molecular weight is 227 g/mol. The molecule has 1 fully saturated rings. The van der Waals surface area contributed by atoms with Crippen LogP contribution in [0.4, 0.5) is 0 Å². The van der Waals surface area contributed by atoms with Crippen molar-refractivity contribution in [3.8, 4) is 0 Å². The largest absolute Gasteiger partial charge is 0.267 e. The fourth-order valence-corrected chi connectivity index (χ4v) is 2.39. The van der Waals surface area contributed by atoms with Gasteiger partial charge >= 0.3 is 0 Å². The SMILES string of the molecule is C[N+]1(S)CCC(CCc2cn[nH]n2)CC1. The number of quaternary nitrogens is 1. The van der Waals surface area contributed by atoms with Gasteiger partial charge in [-0.15, -0.1) is 0 Å². The Labute approximate surface area is 96.2 Å². The predicted molar refractivity (Wildman–Crippen MR) is 62.3 cm³/mol. The first-order valence-corrected chi connectivity index (χ1v) is 5.98. The highest BCUT2D eigenvalue weighted by atomic mass is 32.1. The zero-order valence-corrected chi connectivity index (χ0v) is 10.1. The minimum Gasteiger partial charge on any atom is -0.267 e. The first-order chi connectivity index (χ1) is 7.16. The molecule has 0 bridgehead atoms. The minimum absolute atomic E-state index is 0.847. The molecule has 4 nitrogen and oxygen atoms in total. The Bertz CT molecular complexity index is 286. The third kappa shape index (κ3) is 3.21. The lowest BCUT2D eigenvalue weighted by Crippen LogP contribution is -2.41. The minimum atomic E-state index is 0.847. The zero-order chi connectivity index (χ0) is 10.7. The van der Waals surface area contributed by atoms with E-state index in [0.717, 1.165) is 21.9 Å². The fraction of sp³-hybridized carbons (Fsp3) is 0.800. The van der Waals surface area contributed by atoms with Gasteiger partial charge in [0.2, 0.25) is 0 Å². The molecule has 5 heteroatoms. The molecule has 0 spiro atoms. The maximum Gasteiger partial charge on any atom is 0.0891 e. The van der Waals surface area contributed by atoms with Crippen LogP contribution in [0.3, 0.4) is 0 Å². The average Bonchev–Trinajstić information content (AvgIpc) is 2.69. The van der Waals surface area contributed by atoms with Crippen molar-refractivity contribution in [3.63, 3.8) is 0 Å². The summed E-state index contributed by atoms with van der Waals surface area (Å²) in [4.78, 5) is 0. The molecule has 0 amide bonds. The molecule has 1 aromatic heterocycles. The van der Waals surface area contributed by atoms with Crippen LogP contribution in [-0.4, -0.2) is 39.4 Å². The van der Waals surface area contributed by atoms with E-state index in [4.69, 9.17) is 0 Å². The summed E-state index contributed by atoms with van der Waals surface area (Å²) in [5.41, 5.74) is 1.09. The monoisotopic (exact) mass is 227 g/mol. The highest BCUT2D eigenvalue weighted by Gasteiger charge is 2.27. The summed E-state index contributed by atoms with van der Waals surface area (Å²) in [6.45, 7) is 2.37. The van der Waals surface area contributed by atoms with Crippen molar-refractivity contribution in [2.24, 2.45) is 5.92 Å². The second-order valence-electron chi connectivity index (χ2n) is 4.73. The Morgan fingerprint density at radius 1 is 1.53 bits per heavy atom. The Kier molecular flexibility index (Phi) is 3.31. The highest BCUT2D eigenvalue weighted by molar-refractivity contribution is 7.74. The van der Waals surface area contributed by atoms with Gasteiger partial charge in [0.15, 0.2) is 0 Å². The molecule has 0 aromatic carbocycles. The van der Waals surface area contributed by atoms with Crippen LogP contribution in [-0.2, 0) is 6.42 Å². The molecule has 1 aliphatic rings. The molecule has 1 aromatic rings. The quantitative estimate of drug-likeness (QED) is 0.606. The molecule has 1 N–H and O–H groups in total. The first kappa shape index (κ1) is 11.0. The number of rotatable bonds is 3. The standard InChI is InChI=1S/C10H19N4S/c1-14(15)6-4-9(5-7-14)2-3-10-8-11-13-12-10/h8-9,15H,2-7H2,1H3,(H,11,12,13)/q+1. The summed E-state index contributed by atoms with van der Waals surface area (Å²) in [5.74, 6) is 0.847. The van der Waals surface area contributed by atoms with Crippen molar-refractivity contribution in [1.82, 2.24) is 15.4 Å². The van der Waals surface area contributed by atoms with E-state index in [1.807, 2.05) is 6.20 Å². The van der Waals surface area contributed by atoms with E-state index in [2.05, 4.69) is 35.3 Å². The second-order valence-corrected chi connectivity index (χ2v) is 5.70. The number of thiol groups is 1. The van der Waals surface area contributed by atoms with Gasteiger partial charge in [-0.25, -0.2) is 0 Å². The van der Waals surface area contributed by atoms with E-state index in [9.17, 15) is 0 Å². The molecule has 0 unspecified atom stereocenters. The maximum absolute atomic E-state index is 4.60. The second kappa shape index (κ2) is 4.53. The van der Waals surface area contributed by atoms with Crippen LogP contribution in [0, 0.1) is 5.92 Å². The summed E-state index contributed by atoms with van der Waals surface area (Å²) < 4.78 is 0.889. The van der Waals surface area contributed by atoms with E-state index in [1.165, 1.54) is 32.4 Å². The van der Waals surface area contributed by atoms with Crippen LogP contribution in [0.25, 0.3) is 0 Å². The molecule has 15 heavy (non-hydrogen) atoms. The van der Waals surface area contributed by atoms with Crippen molar-refractivity contribution in [2.75, 3.05) is 20.1 Å². The van der Waals surface area contributed by atoms with Gasteiger partial charge in [-0.3, -0.25) is 3.89 Å². The third-order valence-electron chi connectivity index (χ3n) is 3.31. The number of aromatic amines is 1. The third-order valence-corrected chi connectivity index (χ3v) is 3.71. The van der Waals surface area contributed by atoms with Gasteiger partial charge in [0.05, 0.1) is 44.8 Å². The van der Waals surface area contributed by atoms with Crippen LogP contribution < -0.4 is 0 Å². The van der Waals surface area contributed by atoms with Crippen molar-refractivity contribution >= 4 is 12.8 Å². The lowest BCUT2D eigenvalue weighted by atomic mass is 9.92.